The van der Waals surface area contributed by atoms with Gasteiger partial charge < -0.3 is 15.3 Å². The molecule has 1 aliphatic rings. The van der Waals surface area contributed by atoms with Gasteiger partial charge in [-0.2, -0.15) is 5.26 Å². The van der Waals surface area contributed by atoms with E-state index in [0.29, 0.717) is 17.2 Å². The fourth-order valence-corrected chi connectivity index (χ4v) is 4.15. The van der Waals surface area contributed by atoms with Crippen LogP contribution >= 0.6 is 0 Å². The Morgan fingerprint density at radius 2 is 2.00 bits per heavy atom. The Hall–Kier alpha value is -3.93. The number of hydrogen-bond acceptors (Lipinski definition) is 6. The zero-order valence-electron chi connectivity index (χ0n) is 18.4. The molecule has 1 saturated heterocycles. The van der Waals surface area contributed by atoms with Crippen LogP contribution in [0.5, 0.6) is 0 Å². The molecule has 33 heavy (non-hydrogen) atoms. The third-order valence-corrected chi connectivity index (χ3v) is 5.99. The molecule has 0 spiro atoms. The first-order valence-corrected chi connectivity index (χ1v) is 10.7. The number of carbonyl (C=O) groups is 1. The second-order valence-corrected chi connectivity index (χ2v) is 8.40. The first kappa shape index (κ1) is 22.3. The van der Waals surface area contributed by atoms with Crippen molar-refractivity contribution < 1.29 is 14.3 Å². The number of aromatic nitrogens is 2. The van der Waals surface area contributed by atoms with Crippen molar-refractivity contribution in [2.45, 2.75) is 38.4 Å². The number of rotatable bonds is 5. The Morgan fingerprint density at radius 1 is 1.30 bits per heavy atom. The highest BCUT2D eigenvalue weighted by molar-refractivity contribution is 5.94. The van der Waals surface area contributed by atoms with E-state index in [1.807, 2.05) is 24.8 Å². The highest BCUT2D eigenvalue weighted by Crippen LogP contribution is 2.29. The van der Waals surface area contributed by atoms with Gasteiger partial charge in [-0.1, -0.05) is 12.1 Å². The van der Waals surface area contributed by atoms with Gasteiger partial charge in [-0.15, -0.1) is 0 Å². The summed E-state index contributed by atoms with van der Waals surface area (Å²) in [7, 11) is 0. The zero-order valence-corrected chi connectivity index (χ0v) is 18.4. The van der Waals surface area contributed by atoms with Gasteiger partial charge in [-0.05, 0) is 37.6 Å². The van der Waals surface area contributed by atoms with Crippen LogP contribution in [0.3, 0.4) is 0 Å². The number of carboxylic acid groups (broad SMARTS) is 1. The van der Waals surface area contributed by atoms with Gasteiger partial charge in [-0.25, -0.2) is 14.2 Å². The highest BCUT2D eigenvalue weighted by atomic mass is 19.1. The number of fused-ring (bicyclic) bond motifs is 1. The van der Waals surface area contributed by atoms with Crippen LogP contribution in [0.15, 0.2) is 47.4 Å². The Labute approximate surface area is 189 Å². The maximum Gasteiger partial charge on any atom is 0.337 e. The number of benzene rings is 1. The van der Waals surface area contributed by atoms with Gasteiger partial charge in [0, 0.05) is 49.4 Å². The second kappa shape index (κ2) is 8.54. The lowest BCUT2D eigenvalue weighted by atomic mass is 9.95. The van der Waals surface area contributed by atoms with Gasteiger partial charge in [-0.3, -0.25) is 9.20 Å². The van der Waals surface area contributed by atoms with Crippen molar-refractivity contribution in [2.75, 3.05) is 23.3 Å². The number of nitrogens with zero attached hydrogens (tertiary/aromatic N) is 4. The molecule has 1 fully saturated rings. The lowest BCUT2D eigenvalue weighted by Gasteiger charge is -2.33. The van der Waals surface area contributed by atoms with Crippen LogP contribution in [0.4, 0.5) is 15.9 Å². The second-order valence-electron chi connectivity index (χ2n) is 8.40. The van der Waals surface area contributed by atoms with E-state index in [4.69, 9.17) is 10.2 Å². The average Bonchev–Trinajstić information content (AvgIpc) is 2.79. The molecular formula is C24H24FN5O3. The minimum Gasteiger partial charge on any atom is -0.478 e. The number of carboxylic acids is 1. The molecule has 3 aromatic rings. The number of halogens is 1. The molecule has 3 heterocycles. The van der Waals surface area contributed by atoms with Gasteiger partial charge >= 0.3 is 5.97 Å². The van der Waals surface area contributed by atoms with Crippen LogP contribution in [0.2, 0.25) is 0 Å². The molecule has 170 valence electrons. The van der Waals surface area contributed by atoms with E-state index in [9.17, 15) is 19.1 Å². The number of aromatic carboxylic acids is 1. The lowest BCUT2D eigenvalue weighted by Crippen LogP contribution is -2.41. The largest absolute Gasteiger partial charge is 0.478 e. The number of nitrogens with one attached hydrogen (secondary N) is 1. The maximum atomic E-state index is 14.3. The zero-order chi connectivity index (χ0) is 23.8. The molecule has 9 heteroatoms. The van der Waals surface area contributed by atoms with E-state index in [0.717, 1.165) is 11.1 Å². The van der Waals surface area contributed by atoms with Crippen molar-refractivity contribution >= 4 is 23.1 Å². The van der Waals surface area contributed by atoms with Crippen molar-refractivity contribution in [3.05, 3.63) is 69.6 Å². The van der Waals surface area contributed by atoms with Gasteiger partial charge in [0.15, 0.2) is 5.67 Å². The Kier molecular flexibility index (Phi) is 5.77. The molecule has 4 rings (SSSR count). The molecule has 1 aromatic carbocycles. The van der Waals surface area contributed by atoms with Gasteiger partial charge in [0.2, 0.25) is 0 Å². The first-order valence-electron chi connectivity index (χ1n) is 10.7. The minimum atomic E-state index is -1.85. The summed E-state index contributed by atoms with van der Waals surface area (Å²) in [5.74, 6) is -0.606. The fourth-order valence-electron chi connectivity index (χ4n) is 4.15. The van der Waals surface area contributed by atoms with Crippen LogP contribution in [-0.4, -0.2) is 39.2 Å². The number of nitriles is 1. The molecule has 1 atom stereocenters. The fraction of sp³-hybridized carbons (Fsp3) is 0.333. The summed E-state index contributed by atoms with van der Waals surface area (Å²) in [6, 6.07) is 11.3. The maximum absolute atomic E-state index is 14.3. The van der Waals surface area contributed by atoms with E-state index >= 15 is 0 Å². The average molecular weight is 449 g/mol. The summed E-state index contributed by atoms with van der Waals surface area (Å²) in [6.07, 6.45) is 1.80. The Balaban J connectivity index is 1.74. The third-order valence-electron chi connectivity index (χ3n) is 5.99. The van der Waals surface area contributed by atoms with Crippen LogP contribution in [0.25, 0.3) is 5.65 Å². The topological polar surface area (TPSA) is 111 Å². The summed E-state index contributed by atoms with van der Waals surface area (Å²) in [5.41, 5.74) is 0.506. The van der Waals surface area contributed by atoms with Crippen LogP contribution < -0.4 is 15.8 Å². The van der Waals surface area contributed by atoms with Crippen LogP contribution in [0, 0.1) is 18.3 Å². The van der Waals surface area contributed by atoms with Crippen molar-refractivity contribution in [3.8, 4) is 6.07 Å². The molecule has 0 bridgehead atoms. The molecule has 0 amide bonds. The standard InChI is InChI=1S/C24H24FN5O3/c1-15-11-18(16(2)27-19-6-4-3-5-17(19)23(32)33)22-28-20(12-21(31)30(22)13-15)29-9-7-24(25,14-26)8-10-29/h3-6,11-13,16,27H,7-10H2,1-2H3,(H,32,33)/t16-/m1/s1. The molecule has 8 nitrogen and oxygen atoms in total. The molecule has 0 unspecified atom stereocenters. The number of alkyl halides is 1. The summed E-state index contributed by atoms with van der Waals surface area (Å²) in [6.45, 7) is 4.31. The number of piperidine rings is 1. The molecule has 2 aromatic heterocycles. The number of pyridine rings is 1. The number of hydrogen-bond donors (Lipinski definition) is 2. The molecule has 0 saturated carbocycles. The van der Waals surface area contributed by atoms with E-state index in [1.54, 1.807) is 30.5 Å². The monoisotopic (exact) mass is 449 g/mol. The van der Waals surface area contributed by atoms with Gasteiger partial charge in [0.25, 0.3) is 5.56 Å². The van der Waals surface area contributed by atoms with Crippen molar-refractivity contribution in [1.29, 1.82) is 5.26 Å². The van der Waals surface area contributed by atoms with Gasteiger partial charge in [0.1, 0.15) is 17.5 Å². The SMILES string of the molecule is Cc1cc([C@@H](C)Nc2ccccc2C(=O)O)c2nc(N3CCC(F)(C#N)CC3)cc(=O)n2c1. The predicted molar refractivity (Wildman–Crippen MR) is 123 cm³/mol. The third kappa shape index (κ3) is 4.37. The molecule has 1 aliphatic heterocycles. The van der Waals surface area contributed by atoms with Crippen molar-refractivity contribution in [1.82, 2.24) is 9.38 Å². The van der Waals surface area contributed by atoms with Gasteiger partial charge in [0.05, 0.1) is 11.6 Å². The van der Waals surface area contributed by atoms with E-state index in [-0.39, 0.29) is 43.1 Å². The normalized spacial score (nSPS) is 16.2. The molecule has 0 radical (unpaired) electrons. The molecular weight excluding hydrogens is 425 g/mol. The first-order chi connectivity index (χ1) is 15.7. The van der Waals surface area contributed by atoms with Crippen molar-refractivity contribution in [2.24, 2.45) is 0 Å². The molecule has 0 aliphatic carbocycles. The Morgan fingerprint density at radius 3 is 2.67 bits per heavy atom. The lowest BCUT2D eigenvalue weighted by molar-refractivity contribution is 0.0698. The quantitative estimate of drug-likeness (QED) is 0.611. The Bertz CT molecular complexity index is 1320. The van der Waals surface area contributed by atoms with Crippen molar-refractivity contribution in [3.63, 3.8) is 0 Å². The molecule has 2 N–H and O–H groups in total. The number of aryl methyl sites for hydroxylation is 1. The summed E-state index contributed by atoms with van der Waals surface area (Å²) < 4.78 is 15.8. The van der Waals surface area contributed by atoms with E-state index in [1.165, 1.54) is 16.5 Å². The van der Waals surface area contributed by atoms with Crippen LogP contribution in [0.1, 0.15) is 47.3 Å². The number of para-hydroxylation sites is 1. The summed E-state index contributed by atoms with van der Waals surface area (Å²) in [5, 5.41) is 21.8. The predicted octanol–water partition coefficient (Wildman–Crippen LogP) is 3.71. The minimum absolute atomic E-state index is 0.0508. The summed E-state index contributed by atoms with van der Waals surface area (Å²) >= 11 is 0. The highest BCUT2D eigenvalue weighted by Gasteiger charge is 2.35. The number of anilines is 2. The summed E-state index contributed by atoms with van der Waals surface area (Å²) in [4.78, 5) is 31.1. The van der Waals surface area contributed by atoms with E-state index in [2.05, 4.69) is 5.32 Å². The van der Waals surface area contributed by atoms with E-state index < -0.39 is 11.6 Å². The van der Waals surface area contributed by atoms with Crippen LogP contribution in [-0.2, 0) is 0 Å². The smallest absolute Gasteiger partial charge is 0.337 e.